The predicted molar refractivity (Wildman–Crippen MR) is 156 cm³/mol. The molecule has 2 aromatic heterocycles. The summed E-state index contributed by atoms with van der Waals surface area (Å²) in [6.07, 6.45) is -2.17. The molecule has 0 saturated carbocycles. The van der Waals surface area contributed by atoms with E-state index < -0.39 is 53.6 Å². The Morgan fingerprint density at radius 3 is 1.80 bits per heavy atom. The van der Waals surface area contributed by atoms with Crippen LogP contribution in [0.4, 0.5) is 24.5 Å². The van der Waals surface area contributed by atoms with Gasteiger partial charge in [0.1, 0.15) is 0 Å². The van der Waals surface area contributed by atoms with Crippen molar-refractivity contribution in [3.8, 4) is 28.8 Å². The van der Waals surface area contributed by atoms with Crippen molar-refractivity contribution in [3.05, 3.63) is 58.6 Å². The number of anilines is 1. The molecule has 250 valence electrons. The number of sulfonamides is 2. The smallest absolute Gasteiger partial charge is 0.422 e. The van der Waals surface area contributed by atoms with Gasteiger partial charge < -0.3 is 9.30 Å². The second kappa shape index (κ2) is 13.0. The van der Waals surface area contributed by atoms with Crippen molar-refractivity contribution < 1.29 is 48.1 Å². The van der Waals surface area contributed by atoms with Crippen LogP contribution in [0.3, 0.4) is 0 Å². The minimum Gasteiger partial charge on any atom is -0.454 e. The third kappa shape index (κ3) is 8.33. The highest BCUT2D eigenvalue weighted by molar-refractivity contribution is 8.09. The van der Waals surface area contributed by atoms with Crippen molar-refractivity contribution in [2.24, 2.45) is 14.1 Å². The van der Waals surface area contributed by atoms with Gasteiger partial charge in [-0.05, 0) is 18.2 Å². The van der Waals surface area contributed by atoms with Crippen LogP contribution < -0.4 is 8.45 Å². The minimum atomic E-state index is -4.59. The number of para-hydroxylation sites is 2. The molecule has 0 saturated heterocycles. The monoisotopic (exact) mass is 710 g/mol. The number of benzene rings is 2. The lowest BCUT2D eigenvalue weighted by Gasteiger charge is -2.22. The maximum absolute atomic E-state index is 12.3. The normalized spacial score (nSPS) is 12.3. The Kier molecular flexibility index (Phi) is 10.1. The lowest BCUT2D eigenvalue weighted by Crippen LogP contribution is -2.35. The van der Waals surface area contributed by atoms with E-state index in [-0.39, 0.29) is 43.0 Å². The Bertz CT molecular complexity index is 2070. The number of nitro benzene ring substituents is 1. The zero-order chi connectivity index (χ0) is 34.8. The van der Waals surface area contributed by atoms with E-state index in [9.17, 15) is 48.5 Å². The van der Waals surface area contributed by atoms with E-state index in [0.717, 1.165) is 10.8 Å². The molecule has 0 fully saturated rings. The number of rotatable bonds is 9. The van der Waals surface area contributed by atoms with Crippen LogP contribution in [0.2, 0.25) is 0 Å². The van der Waals surface area contributed by atoms with Crippen molar-refractivity contribution in [3.63, 3.8) is 0 Å². The highest BCUT2D eigenvalue weighted by Crippen LogP contribution is 2.34. The molecule has 46 heavy (non-hydrogen) atoms. The van der Waals surface area contributed by atoms with Crippen LogP contribution in [0.1, 0.15) is 0 Å². The van der Waals surface area contributed by atoms with Crippen LogP contribution in [0.15, 0.2) is 53.7 Å². The first-order chi connectivity index (χ1) is 21.0. The third-order valence-electron chi connectivity index (χ3n) is 5.65. The molecule has 23 heteroatoms. The zero-order valence-electron chi connectivity index (χ0n) is 24.4. The molecule has 17 nitrogen and oxygen atoms in total. The summed E-state index contributed by atoms with van der Waals surface area (Å²) in [5.74, 6) is 0.0489. The first-order valence-corrected chi connectivity index (χ1v) is 17.8. The summed E-state index contributed by atoms with van der Waals surface area (Å²) < 4.78 is 115. The maximum atomic E-state index is 12.3. The van der Waals surface area contributed by atoms with Gasteiger partial charge in [-0.15, -0.1) is 15.3 Å². The number of halogens is 3. The second-order valence-corrected chi connectivity index (χ2v) is 15.2. The molecule has 0 aliphatic heterocycles. The van der Waals surface area contributed by atoms with E-state index in [4.69, 9.17) is 0 Å². The summed E-state index contributed by atoms with van der Waals surface area (Å²) in [5.41, 5.74) is -0.166. The quantitative estimate of drug-likeness (QED) is 0.179. The number of sulfone groups is 1. The van der Waals surface area contributed by atoms with Gasteiger partial charge in [0.05, 0.1) is 28.7 Å². The van der Waals surface area contributed by atoms with E-state index in [1.54, 1.807) is 6.07 Å². The summed E-state index contributed by atoms with van der Waals surface area (Å²) in [7, 11) is -9.26. The number of alkyl halides is 3. The van der Waals surface area contributed by atoms with Crippen LogP contribution in [-0.4, -0.2) is 91.3 Å². The molecule has 0 aliphatic carbocycles. The summed E-state index contributed by atoms with van der Waals surface area (Å²) in [6.45, 7) is -1.60. The average molecular weight is 711 g/mol. The van der Waals surface area contributed by atoms with Crippen LogP contribution in [0, 0.1) is 10.1 Å². The van der Waals surface area contributed by atoms with Crippen LogP contribution in [-0.2, 0) is 44.0 Å². The first-order valence-electron chi connectivity index (χ1n) is 12.3. The Morgan fingerprint density at radius 1 is 0.804 bits per heavy atom. The topological polar surface area (TPSA) is 219 Å². The predicted octanol–water partition coefficient (Wildman–Crippen LogP) is 1.94. The van der Waals surface area contributed by atoms with E-state index in [1.165, 1.54) is 61.1 Å². The SMILES string of the molecule is Cn1c(-c2ccccc2[N+](=O)[O-])nnc1S(C)(=O)=O.Cn1c(OCC(F)(F)F)nnc1-c1ccccc1N(S(C)(=O)=O)S(C)(=O)=O. The lowest BCUT2D eigenvalue weighted by atomic mass is 10.1. The Balaban J connectivity index is 0.000000266. The van der Waals surface area contributed by atoms with Gasteiger partial charge in [0.15, 0.2) is 18.3 Å². The Hall–Kier alpha value is -4.64. The highest BCUT2D eigenvalue weighted by Gasteiger charge is 2.32. The standard InChI is InChI=1S/C13H15F3N4O5S2.C10H10N4O4S/c1-19-11(17-18-12(19)25-8-13(14,15)16)9-6-4-5-7-10(9)20(26(2,21)22)27(3,23)24;1-13-9(11-12-10(13)19(2,17)18)7-5-3-4-6-8(7)14(15)16/h4-7H,8H2,1-3H3;3-6H,1-2H3. The molecule has 0 bridgehead atoms. The van der Waals surface area contributed by atoms with Gasteiger partial charge >= 0.3 is 12.2 Å². The van der Waals surface area contributed by atoms with Crippen molar-refractivity contribution in [1.82, 2.24) is 29.5 Å². The molecular formula is C23H25F3N8O9S3. The average Bonchev–Trinajstić information content (AvgIpc) is 3.48. The summed E-state index contributed by atoms with van der Waals surface area (Å²) in [5, 5.41) is 25.2. The molecule has 0 N–H and O–H groups in total. The van der Waals surface area contributed by atoms with Gasteiger partial charge in [0.25, 0.3) is 5.69 Å². The van der Waals surface area contributed by atoms with Crippen molar-refractivity contribution in [1.29, 1.82) is 0 Å². The third-order valence-corrected chi connectivity index (χ3v) is 9.89. The summed E-state index contributed by atoms with van der Waals surface area (Å²) in [6, 6.07) is 10.9. The molecule has 0 atom stereocenters. The van der Waals surface area contributed by atoms with E-state index in [2.05, 4.69) is 25.1 Å². The molecule has 2 aromatic carbocycles. The minimum absolute atomic E-state index is 0.0187. The zero-order valence-corrected chi connectivity index (χ0v) is 26.9. The second-order valence-electron chi connectivity index (χ2n) is 9.42. The van der Waals surface area contributed by atoms with E-state index in [1.807, 2.05) is 0 Å². The number of nitrogens with zero attached hydrogens (tertiary/aromatic N) is 8. The fourth-order valence-corrected chi connectivity index (χ4v) is 7.71. The Morgan fingerprint density at radius 2 is 1.30 bits per heavy atom. The number of aromatic nitrogens is 6. The molecule has 4 rings (SSSR count). The molecule has 4 aromatic rings. The lowest BCUT2D eigenvalue weighted by molar-refractivity contribution is -0.384. The number of nitro groups is 1. The molecule has 0 amide bonds. The van der Waals surface area contributed by atoms with Gasteiger partial charge in [0, 0.05) is 32.0 Å². The van der Waals surface area contributed by atoms with E-state index in [0.29, 0.717) is 12.5 Å². The number of hydrogen-bond donors (Lipinski definition) is 0. The molecule has 2 heterocycles. The van der Waals surface area contributed by atoms with Gasteiger partial charge in [-0.1, -0.05) is 29.4 Å². The molecule has 0 radical (unpaired) electrons. The molecule has 0 unspecified atom stereocenters. The number of ether oxygens (including phenoxy) is 1. The summed E-state index contributed by atoms with van der Waals surface area (Å²) in [4.78, 5) is 10.4. The van der Waals surface area contributed by atoms with Crippen LogP contribution in [0.25, 0.3) is 22.8 Å². The molecule has 0 spiro atoms. The fraction of sp³-hybridized carbons (Fsp3) is 0.304. The van der Waals surface area contributed by atoms with Gasteiger partial charge in [-0.2, -0.15) is 16.9 Å². The van der Waals surface area contributed by atoms with Gasteiger partial charge in [-0.25, -0.2) is 25.3 Å². The number of hydrogen-bond acceptors (Lipinski definition) is 13. The van der Waals surface area contributed by atoms with Crippen molar-refractivity contribution >= 4 is 41.3 Å². The van der Waals surface area contributed by atoms with E-state index >= 15 is 0 Å². The summed E-state index contributed by atoms with van der Waals surface area (Å²) >= 11 is 0. The van der Waals surface area contributed by atoms with Crippen LogP contribution >= 0.6 is 0 Å². The maximum Gasteiger partial charge on any atom is 0.422 e. The van der Waals surface area contributed by atoms with Crippen molar-refractivity contribution in [2.75, 3.05) is 29.1 Å². The van der Waals surface area contributed by atoms with Crippen molar-refractivity contribution in [2.45, 2.75) is 11.3 Å². The fourth-order valence-electron chi connectivity index (χ4n) is 3.94. The first kappa shape index (κ1) is 35.8. The Labute approximate surface area is 260 Å². The van der Waals surface area contributed by atoms with Gasteiger partial charge in [-0.3, -0.25) is 14.7 Å². The largest absolute Gasteiger partial charge is 0.454 e. The van der Waals surface area contributed by atoms with Gasteiger partial charge in [0.2, 0.25) is 35.0 Å². The van der Waals surface area contributed by atoms with Crippen LogP contribution in [0.5, 0.6) is 6.01 Å². The molecular weight excluding hydrogens is 685 g/mol. The molecule has 0 aliphatic rings. The highest BCUT2D eigenvalue weighted by atomic mass is 32.3.